The van der Waals surface area contributed by atoms with Gasteiger partial charge in [0.15, 0.2) is 0 Å². The van der Waals surface area contributed by atoms with Crippen LogP contribution in [0.25, 0.3) is 11.1 Å². The third kappa shape index (κ3) is 5.12. The molecule has 1 saturated carbocycles. The average Bonchev–Trinajstić information content (AvgIpc) is 3.25. The minimum absolute atomic E-state index is 0.0422. The number of halogens is 2. The number of alkyl carbamates (subject to hydrolysis) is 1. The van der Waals surface area contributed by atoms with Crippen LogP contribution in [0.5, 0.6) is 0 Å². The van der Waals surface area contributed by atoms with E-state index in [0.717, 1.165) is 22.3 Å². The zero-order valence-corrected chi connectivity index (χ0v) is 19.8. The van der Waals surface area contributed by atoms with Gasteiger partial charge in [0.05, 0.1) is 5.92 Å². The molecule has 0 saturated heterocycles. The summed E-state index contributed by atoms with van der Waals surface area (Å²) in [5.41, 5.74) is 4.20. The molecule has 10 heteroatoms. The number of rotatable bonds is 10. The number of hydrogen-bond donors (Lipinski definition) is 3. The van der Waals surface area contributed by atoms with Crippen LogP contribution < -0.4 is 10.6 Å². The zero-order chi connectivity index (χ0) is 25.2. The first-order valence-electron chi connectivity index (χ1n) is 11.2. The summed E-state index contributed by atoms with van der Waals surface area (Å²) in [6, 6.07) is 14.4. The molecule has 3 atom stereocenters. The van der Waals surface area contributed by atoms with Gasteiger partial charge in [0.25, 0.3) is 5.92 Å². The van der Waals surface area contributed by atoms with E-state index in [9.17, 15) is 28.3 Å². The molecule has 2 aliphatic carbocycles. The van der Waals surface area contributed by atoms with Crippen LogP contribution in [0.4, 0.5) is 13.6 Å². The number of fused-ring (bicyclic) bond motifs is 3. The van der Waals surface area contributed by atoms with Gasteiger partial charge in [0.1, 0.15) is 18.6 Å². The number of carboxylic acids is 1. The van der Waals surface area contributed by atoms with Crippen molar-refractivity contribution in [2.45, 2.75) is 24.3 Å². The van der Waals surface area contributed by atoms with Crippen LogP contribution in [-0.4, -0.2) is 60.2 Å². The predicted octanol–water partition coefficient (Wildman–Crippen LogP) is 3.73. The highest BCUT2D eigenvalue weighted by molar-refractivity contribution is 7.98. The van der Waals surface area contributed by atoms with E-state index >= 15 is 0 Å². The van der Waals surface area contributed by atoms with Crippen LogP contribution in [0.15, 0.2) is 48.5 Å². The summed E-state index contributed by atoms with van der Waals surface area (Å²) < 4.78 is 33.8. The van der Waals surface area contributed by atoms with Gasteiger partial charge in [-0.3, -0.25) is 4.79 Å². The highest BCUT2D eigenvalue weighted by Crippen LogP contribution is 2.55. The summed E-state index contributed by atoms with van der Waals surface area (Å²) in [5, 5.41) is 13.7. The molecule has 0 radical (unpaired) electrons. The third-order valence-corrected chi connectivity index (χ3v) is 7.16. The van der Waals surface area contributed by atoms with E-state index in [0.29, 0.717) is 5.75 Å². The van der Waals surface area contributed by atoms with E-state index < -0.39 is 48.3 Å². The monoisotopic (exact) mass is 504 g/mol. The van der Waals surface area contributed by atoms with Gasteiger partial charge < -0.3 is 20.5 Å². The Bertz CT molecular complexity index is 1080. The summed E-state index contributed by atoms with van der Waals surface area (Å²) in [7, 11) is 0. The maximum atomic E-state index is 14.2. The summed E-state index contributed by atoms with van der Waals surface area (Å²) in [5.74, 6) is -8.43. The fraction of sp³-hybridized carbons (Fsp3) is 0.400. The first kappa shape index (κ1) is 25.0. The number of carboxylic acid groups (broad SMARTS) is 1. The number of benzene rings is 2. The standard InChI is InChI=1S/C25H26F2N2O5S/c1-35-11-10-20(23(31)32)29-22(30)21-19(25(21,26)27)12-28-24(33)34-13-18-16-8-4-2-6-14(16)15-7-3-5-9-17(15)18/h2-9,18-21H,10-13H2,1H3,(H,28,33)(H,29,30)(H,31,32)/t19-,20?,21-/m0/s1. The first-order chi connectivity index (χ1) is 16.8. The molecule has 7 nitrogen and oxygen atoms in total. The number of thioether (sulfide) groups is 1. The second-order valence-corrected chi connectivity index (χ2v) is 9.63. The van der Waals surface area contributed by atoms with Crippen molar-refractivity contribution in [1.82, 2.24) is 10.6 Å². The Morgan fingerprint density at radius 3 is 2.26 bits per heavy atom. The Morgan fingerprint density at radius 1 is 1.09 bits per heavy atom. The number of amides is 2. The fourth-order valence-electron chi connectivity index (χ4n) is 4.60. The van der Waals surface area contributed by atoms with E-state index in [1.54, 1.807) is 6.26 Å². The molecule has 1 unspecified atom stereocenters. The Kier molecular flexibility index (Phi) is 7.30. The van der Waals surface area contributed by atoms with E-state index in [2.05, 4.69) is 10.6 Å². The quantitative estimate of drug-likeness (QED) is 0.456. The van der Waals surface area contributed by atoms with Crippen molar-refractivity contribution >= 4 is 29.7 Å². The lowest BCUT2D eigenvalue weighted by Gasteiger charge is -2.14. The number of carbonyl (C=O) groups excluding carboxylic acids is 2. The van der Waals surface area contributed by atoms with Gasteiger partial charge in [-0.25, -0.2) is 18.4 Å². The Hall–Kier alpha value is -3.14. The number of ether oxygens (including phenoxy) is 1. The van der Waals surface area contributed by atoms with Gasteiger partial charge >= 0.3 is 12.1 Å². The van der Waals surface area contributed by atoms with Crippen molar-refractivity contribution in [3.05, 3.63) is 59.7 Å². The highest BCUT2D eigenvalue weighted by atomic mass is 32.2. The molecule has 186 valence electrons. The first-order valence-corrected chi connectivity index (χ1v) is 12.6. The van der Waals surface area contributed by atoms with E-state index in [4.69, 9.17) is 4.74 Å². The molecule has 0 spiro atoms. The fourth-order valence-corrected chi connectivity index (χ4v) is 5.07. The lowest BCUT2D eigenvalue weighted by molar-refractivity contribution is -0.142. The average molecular weight is 505 g/mol. The van der Waals surface area contributed by atoms with Gasteiger partial charge in [-0.1, -0.05) is 48.5 Å². The molecule has 0 bridgehead atoms. The van der Waals surface area contributed by atoms with Crippen molar-refractivity contribution < 1.29 is 33.0 Å². The number of alkyl halides is 2. The minimum Gasteiger partial charge on any atom is -0.480 e. The van der Waals surface area contributed by atoms with Gasteiger partial charge in [-0.05, 0) is 40.7 Å². The number of carbonyl (C=O) groups is 3. The van der Waals surface area contributed by atoms with Gasteiger partial charge in [0.2, 0.25) is 5.91 Å². The molecule has 35 heavy (non-hydrogen) atoms. The van der Waals surface area contributed by atoms with Crippen molar-refractivity contribution in [3.8, 4) is 11.1 Å². The molecular weight excluding hydrogens is 478 g/mol. The van der Waals surface area contributed by atoms with E-state index in [1.807, 2.05) is 48.5 Å². The van der Waals surface area contributed by atoms with Gasteiger partial charge in [-0.2, -0.15) is 11.8 Å². The molecule has 2 aromatic carbocycles. The second kappa shape index (κ2) is 10.2. The normalized spacial score (nSPS) is 20.3. The number of aliphatic carboxylic acids is 1. The van der Waals surface area contributed by atoms with Crippen molar-refractivity contribution in [1.29, 1.82) is 0 Å². The largest absolute Gasteiger partial charge is 0.480 e. The molecule has 1 fully saturated rings. The molecule has 3 N–H and O–H groups in total. The SMILES string of the molecule is CSCCC(NC(=O)[C@@H]1[C@H](CNC(=O)OCC2c3ccccc3-c3ccccc32)C1(F)F)C(=O)O. The number of nitrogens with one attached hydrogen (secondary N) is 2. The maximum absolute atomic E-state index is 14.2. The van der Waals surface area contributed by atoms with Gasteiger partial charge in [-0.15, -0.1) is 0 Å². The Balaban J connectivity index is 1.30. The van der Waals surface area contributed by atoms with Gasteiger partial charge in [0, 0.05) is 12.5 Å². The predicted molar refractivity (Wildman–Crippen MR) is 128 cm³/mol. The summed E-state index contributed by atoms with van der Waals surface area (Å²) in [6.07, 6.45) is 1.06. The highest BCUT2D eigenvalue weighted by Gasteiger charge is 2.71. The van der Waals surface area contributed by atoms with Crippen LogP contribution in [-0.2, 0) is 14.3 Å². The van der Waals surface area contributed by atoms with Crippen LogP contribution in [0.2, 0.25) is 0 Å². The molecule has 0 aromatic heterocycles. The lowest BCUT2D eigenvalue weighted by Crippen LogP contribution is -2.42. The van der Waals surface area contributed by atoms with Crippen LogP contribution in [0.3, 0.4) is 0 Å². The summed E-state index contributed by atoms with van der Waals surface area (Å²) in [6.45, 7) is -0.412. The maximum Gasteiger partial charge on any atom is 0.407 e. The summed E-state index contributed by atoms with van der Waals surface area (Å²) >= 11 is 1.39. The molecule has 2 amide bonds. The summed E-state index contributed by atoms with van der Waals surface area (Å²) in [4.78, 5) is 35.8. The molecule has 0 aliphatic heterocycles. The van der Waals surface area contributed by atoms with Crippen molar-refractivity contribution in [2.24, 2.45) is 11.8 Å². The Labute approximate surface area is 205 Å². The molecule has 0 heterocycles. The molecular formula is C25H26F2N2O5S. The van der Waals surface area contributed by atoms with E-state index in [1.165, 1.54) is 11.8 Å². The molecule has 2 aromatic rings. The van der Waals surface area contributed by atoms with Crippen LogP contribution in [0, 0.1) is 11.8 Å². The third-order valence-electron chi connectivity index (χ3n) is 6.52. The second-order valence-electron chi connectivity index (χ2n) is 8.65. The van der Waals surface area contributed by atoms with Crippen molar-refractivity contribution in [2.75, 3.05) is 25.2 Å². The zero-order valence-electron chi connectivity index (χ0n) is 19.0. The Morgan fingerprint density at radius 2 is 1.69 bits per heavy atom. The molecule has 4 rings (SSSR count). The molecule has 2 aliphatic rings. The topological polar surface area (TPSA) is 105 Å². The number of hydrogen-bond acceptors (Lipinski definition) is 5. The van der Waals surface area contributed by atoms with Crippen LogP contribution >= 0.6 is 11.8 Å². The lowest BCUT2D eigenvalue weighted by atomic mass is 9.98. The van der Waals surface area contributed by atoms with Crippen LogP contribution in [0.1, 0.15) is 23.5 Å². The van der Waals surface area contributed by atoms with Crippen molar-refractivity contribution in [3.63, 3.8) is 0 Å². The smallest absolute Gasteiger partial charge is 0.407 e. The minimum atomic E-state index is -3.33. The van der Waals surface area contributed by atoms with E-state index in [-0.39, 0.29) is 18.9 Å².